The molecular weight excluding hydrogens is 412 g/mol. The Kier molecular flexibility index (Phi) is 8.79. The molecule has 1 aromatic heterocycles. The van der Waals surface area contributed by atoms with Gasteiger partial charge in [0.05, 0.1) is 5.52 Å². The zero-order valence-electron chi connectivity index (χ0n) is 19.6. The first kappa shape index (κ1) is 24.2. The Morgan fingerprint density at radius 3 is 2.70 bits per heavy atom. The number of amides is 1. The van der Waals surface area contributed by atoms with Crippen molar-refractivity contribution in [2.75, 3.05) is 19.8 Å². The van der Waals surface area contributed by atoms with Gasteiger partial charge < -0.3 is 15.4 Å². The largest absolute Gasteiger partial charge is 0.381 e. The van der Waals surface area contributed by atoms with Gasteiger partial charge in [0, 0.05) is 43.0 Å². The molecule has 0 spiro atoms. The first-order chi connectivity index (χ1) is 16.0. The molecule has 4 rings (SSSR count). The molecule has 1 fully saturated rings. The van der Waals surface area contributed by atoms with Gasteiger partial charge in [-0.05, 0) is 75.4 Å². The number of nitrogens with zero attached hydrogens (tertiary/aromatic N) is 2. The number of hydrogen-bond acceptors (Lipinski definition) is 5. The van der Waals surface area contributed by atoms with Crippen molar-refractivity contribution in [2.45, 2.75) is 46.1 Å². The second-order valence-electron chi connectivity index (χ2n) is 8.43. The average Bonchev–Trinajstić information content (AvgIpc) is 3.38. The molecule has 1 atom stereocenters. The van der Waals surface area contributed by atoms with E-state index in [-0.39, 0.29) is 11.9 Å². The highest BCUT2D eigenvalue weighted by Crippen LogP contribution is 2.26. The maximum atomic E-state index is 12.2. The van der Waals surface area contributed by atoms with E-state index in [2.05, 4.69) is 47.7 Å². The lowest BCUT2D eigenvalue weighted by Gasteiger charge is -2.19. The first-order valence-electron chi connectivity index (χ1n) is 11.5. The van der Waals surface area contributed by atoms with E-state index in [0.29, 0.717) is 12.2 Å². The molecule has 2 aliphatic rings. The monoisotopic (exact) mass is 444 g/mol. The van der Waals surface area contributed by atoms with Gasteiger partial charge in [-0.2, -0.15) is 5.26 Å². The van der Waals surface area contributed by atoms with Crippen molar-refractivity contribution >= 4 is 16.8 Å². The second-order valence-corrected chi connectivity index (χ2v) is 8.43. The molecule has 1 saturated heterocycles. The molecule has 172 valence electrons. The van der Waals surface area contributed by atoms with E-state index in [1.165, 1.54) is 18.4 Å². The predicted octanol–water partition coefficient (Wildman–Crippen LogP) is 4.77. The molecule has 0 bridgehead atoms. The normalized spacial score (nSPS) is 21.2. The Morgan fingerprint density at radius 1 is 1.21 bits per heavy atom. The SMILES string of the molecule is C1CCOC1.C\C1=C/C=C\C(NC(C)c2cc(C)cc3nc(C#N)ccc23)=C\C(=O)NCC1. The Bertz CT molecular complexity index is 1110. The predicted molar refractivity (Wildman–Crippen MR) is 131 cm³/mol. The summed E-state index contributed by atoms with van der Waals surface area (Å²) in [4.78, 5) is 16.6. The maximum absolute atomic E-state index is 12.2. The fourth-order valence-electron chi connectivity index (χ4n) is 3.78. The number of rotatable bonds is 3. The van der Waals surface area contributed by atoms with Gasteiger partial charge in [0.1, 0.15) is 11.8 Å². The molecule has 0 saturated carbocycles. The molecule has 2 aromatic rings. The van der Waals surface area contributed by atoms with Crippen LogP contribution in [0.15, 0.2) is 59.8 Å². The Morgan fingerprint density at radius 2 is 2.00 bits per heavy atom. The average molecular weight is 445 g/mol. The van der Waals surface area contributed by atoms with Crippen LogP contribution in [-0.4, -0.2) is 30.6 Å². The lowest BCUT2D eigenvalue weighted by molar-refractivity contribution is -0.116. The Labute approximate surface area is 196 Å². The van der Waals surface area contributed by atoms with Crippen LogP contribution < -0.4 is 10.6 Å². The number of carbonyl (C=O) groups is 1. The number of nitriles is 1. The molecule has 2 N–H and O–H groups in total. The van der Waals surface area contributed by atoms with Crippen LogP contribution in [0.25, 0.3) is 10.9 Å². The highest BCUT2D eigenvalue weighted by atomic mass is 16.5. The standard InChI is InChI=1S/C23H24N4O.C4H8O/c1-15-5-4-6-18(13-23(28)25-10-9-15)26-17(3)21-11-16(2)12-22-20(21)8-7-19(14-24)27-22;1-2-4-5-3-1/h4-8,11-13,17,26H,9-10H2,1-3H3,(H,25,28);1-4H2/b6-4-,15-5+,18-13-;. The molecule has 2 aliphatic heterocycles. The van der Waals surface area contributed by atoms with Gasteiger partial charge in [0.25, 0.3) is 0 Å². The van der Waals surface area contributed by atoms with E-state index >= 15 is 0 Å². The quantitative estimate of drug-likeness (QED) is 0.712. The molecule has 1 unspecified atom stereocenters. The van der Waals surface area contributed by atoms with Crippen molar-refractivity contribution in [1.29, 1.82) is 5.26 Å². The number of pyridine rings is 1. The third kappa shape index (κ3) is 7.30. The van der Waals surface area contributed by atoms with Gasteiger partial charge in [0.15, 0.2) is 0 Å². The number of nitrogens with one attached hydrogen (secondary N) is 2. The molecule has 0 aliphatic carbocycles. The number of aryl methyl sites for hydroxylation is 1. The van der Waals surface area contributed by atoms with E-state index in [0.717, 1.165) is 47.4 Å². The summed E-state index contributed by atoms with van der Waals surface area (Å²) in [5.74, 6) is -0.108. The smallest absolute Gasteiger partial charge is 0.246 e. The maximum Gasteiger partial charge on any atom is 0.246 e. The molecule has 33 heavy (non-hydrogen) atoms. The van der Waals surface area contributed by atoms with Gasteiger partial charge in [-0.1, -0.05) is 23.8 Å². The van der Waals surface area contributed by atoms with E-state index < -0.39 is 0 Å². The van der Waals surface area contributed by atoms with E-state index in [1.54, 1.807) is 12.1 Å². The summed E-state index contributed by atoms with van der Waals surface area (Å²) < 4.78 is 4.94. The van der Waals surface area contributed by atoms with Crippen LogP contribution in [-0.2, 0) is 9.53 Å². The number of benzene rings is 1. The van der Waals surface area contributed by atoms with E-state index in [9.17, 15) is 4.79 Å². The van der Waals surface area contributed by atoms with Crippen LogP contribution >= 0.6 is 0 Å². The highest BCUT2D eigenvalue weighted by molar-refractivity contribution is 5.88. The third-order valence-electron chi connectivity index (χ3n) is 5.54. The van der Waals surface area contributed by atoms with Crippen LogP contribution in [0.5, 0.6) is 0 Å². The first-order valence-corrected chi connectivity index (χ1v) is 11.5. The van der Waals surface area contributed by atoms with Gasteiger partial charge >= 0.3 is 0 Å². The fraction of sp³-hybridized carbons (Fsp3) is 0.370. The summed E-state index contributed by atoms with van der Waals surface area (Å²) in [6.45, 7) is 8.75. The lowest BCUT2D eigenvalue weighted by Crippen LogP contribution is -2.25. The summed E-state index contributed by atoms with van der Waals surface area (Å²) in [7, 11) is 0. The summed E-state index contributed by atoms with van der Waals surface area (Å²) in [5.41, 5.74) is 5.31. The minimum absolute atomic E-state index is 0.0474. The number of allylic oxidation sites excluding steroid dienone is 3. The second kappa shape index (κ2) is 12.0. The van der Waals surface area contributed by atoms with Crippen LogP contribution in [0, 0.1) is 18.3 Å². The number of aromatic nitrogens is 1. The lowest BCUT2D eigenvalue weighted by atomic mass is 9.99. The zero-order chi connectivity index (χ0) is 23.6. The minimum atomic E-state index is -0.108. The van der Waals surface area contributed by atoms with Crippen LogP contribution in [0.1, 0.15) is 56.0 Å². The molecular formula is C27H32N4O2. The molecule has 1 aromatic carbocycles. The highest BCUT2D eigenvalue weighted by Gasteiger charge is 2.13. The van der Waals surface area contributed by atoms with Crippen LogP contribution in [0.3, 0.4) is 0 Å². The molecule has 3 heterocycles. The summed E-state index contributed by atoms with van der Waals surface area (Å²) in [5, 5.41) is 16.5. The van der Waals surface area contributed by atoms with Gasteiger partial charge in [-0.3, -0.25) is 4.79 Å². The van der Waals surface area contributed by atoms with Gasteiger partial charge in [-0.15, -0.1) is 0 Å². The zero-order valence-corrected chi connectivity index (χ0v) is 19.6. The van der Waals surface area contributed by atoms with Gasteiger partial charge in [0.2, 0.25) is 5.91 Å². The molecule has 1 amide bonds. The number of ether oxygens (including phenoxy) is 1. The number of hydrogen-bond donors (Lipinski definition) is 2. The topological polar surface area (TPSA) is 87.0 Å². The molecule has 6 heteroatoms. The van der Waals surface area contributed by atoms with Gasteiger partial charge in [-0.25, -0.2) is 4.98 Å². The number of fused-ring (bicyclic) bond motifs is 1. The molecule has 0 radical (unpaired) electrons. The summed E-state index contributed by atoms with van der Waals surface area (Å²) in [6, 6.07) is 9.81. The minimum Gasteiger partial charge on any atom is -0.381 e. The molecule has 6 nitrogen and oxygen atoms in total. The van der Waals surface area contributed by atoms with Crippen LogP contribution in [0.4, 0.5) is 0 Å². The van der Waals surface area contributed by atoms with Crippen molar-refractivity contribution in [3.63, 3.8) is 0 Å². The van der Waals surface area contributed by atoms with Crippen LogP contribution in [0.2, 0.25) is 0 Å². The van der Waals surface area contributed by atoms with Crippen molar-refractivity contribution < 1.29 is 9.53 Å². The van der Waals surface area contributed by atoms with Crippen molar-refractivity contribution in [3.8, 4) is 6.07 Å². The van der Waals surface area contributed by atoms with Crippen molar-refractivity contribution in [2.24, 2.45) is 0 Å². The Balaban J connectivity index is 0.000000541. The third-order valence-corrected chi connectivity index (χ3v) is 5.54. The number of carbonyl (C=O) groups excluding carboxylic acids is 1. The van der Waals surface area contributed by atoms with Crippen molar-refractivity contribution in [3.05, 3.63) is 76.7 Å². The van der Waals surface area contributed by atoms with E-state index in [4.69, 9.17) is 10.00 Å². The van der Waals surface area contributed by atoms with Crippen molar-refractivity contribution in [1.82, 2.24) is 15.6 Å². The van der Waals surface area contributed by atoms with E-state index in [1.807, 2.05) is 31.2 Å². The Hall–Kier alpha value is -3.43. The fourth-order valence-corrected chi connectivity index (χ4v) is 3.78. The summed E-state index contributed by atoms with van der Waals surface area (Å²) >= 11 is 0. The summed E-state index contributed by atoms with van der Waals surface area (Å²) in [6.07, 6.45) is 10.9.